The Morgan fingerprint density at radius 2 is 1.55 bits per heavy atom. The molecule has 2 unspecified atom stereocenters. The molecule has 47 heavy (non-hydrogen) atoms. The molecule has 1 saturated heterocycles. The molecule has 1 fully saturated rings. The normalized spacial score (nSPS) is 20.8. The molecule has 0 aromatic carbocycles. The summed E-state index contributed by atoms with van der Waals surface area (Å²) in [6.45, 7) is 0.553. The second-order valence-electron chi connectivity index (χ2n) is 10.5. The van der Waals surface area contributed by atoms with E-state index in [0.717, 1.165) is 49.3 Å². The fraction of sp³-hybridized carbons (Fsp3) is 0.739. The highest BCUT2D eigenvalue weighted by atomic mass is 31.3. The highest BCUT2D eigenvalue weighted by molar-refractivity contribution is 7.66. The molecule has 5 atom stereocenters. The van der Waals surface area contributed by atoms with Gasteiger partial charge in [-0.25, -0.2) is 18.5 Å². The van der Waals surface area contributed by atoms with Crippen LogP contribution in [-0.2, 0) is 47.6 Å². The standard InChI is InChI=1S/C23H42N5O16P3/c24-9-5-3-4-8-19(30)25-10-6-1-2-7-11-26-20(31)12-16-14-28(23(33)27-22(16)32)21-13-17(29)18(42-21)15-41-46(37,38)44-47(39,40)43-45(34,35)36/h14,17-18,21,29H,1-13,15,24H2,(H,25,30)(H,26,31)(H,37,38)(H,39,40)(H,27,32,33)(H2,34,35,36)/t17-,18+,21+/m0/s1. The lowest BCUT2D eigenvalue weighted by Gasteiger charge is -2.19. The first kappa shape index (κ1) is 41.1. The number of amides is 2. The zero-order chi connectivity index (χ0) is 35.3. The maximum absolute atomic E-state index is 12.4. The summed E-state index contributed by atoms with van der Waals surface area (Å²) in [6.07, 6.45) is 2.47. The van der Waals surface area contributed by atoms with Crippen molar-refractivity contribution in [1.29, 1.82) is 0 Å². The summed E-state index contributed by atoms with van der Waals surface area (Å²) in [6, 6.07) is 0. The zero-order valence-electron chi connectivity index (χ0n) is 25.3. The molecule has 24 heteroatoms. The van der Waals surface area contributed by atoms with Gasteiger partial charge >= 0.3 is 29.2 Å². The first-order valence-corrected chi connectivity index (χ1v) is 19.1. The first-order chi connectivity index (χ1) is 21.9. The summed E-state index contributed by atoms with van der Waals surface area (Å²) in [4.78, 5) is 87.0. The Bertz CT molecular complexity index is 1450. The van der Waals surface area contributed by atoms with Crippen molar-refractivity contribution in [2.24, 2.45) is 5.73 Å². The molecule has 1 aromatic heterocycles. The predicted octanol–water partition coefficient (Wildman–Crippen LogP) is -0.617. The van der Waals surface area contributed by atoms with Crippen LogP contribution in [0.1, 0.15) is 69.6 Å². The Morgan fingerprint density at radius 1 is 0.936 bits per heavy atom. The number of rotatable bonds is 22. The van der Waals surface area contributed by atoms with E-state index in [9.17, 15) is 47.8 Å². The van der Waals surface area contributed by atoms with Gasteiger partial charge in [0.05, 0.1) is 19.1 Å². The SMILES string of the molecule is NCCCCCC(=O)NCCCCCCNC(=O)Cc1cn([C@H]2C[C@H](O)[C@@H](COP(=O)(O)OP(=O)(O)OP(=O)(O)O)O2)c(=O)[nH]c1=O. The van der Waals surface area contributed by atoms with Gasteiger partial charge in [-0.1, -0.05) is 19.3 Å². The van der Waals surface area contributed by atoms with Crippen LogP contribution in [0.15, 0.2) is 15.8 Å². The molecule has 1 aliphatic rings. The Morgan fingerprint density at radius 3 is 2.17 bits per heavy atom. The number of aromatic nitrogens is 2. The van der Waals surface area contributed by atoms with E-state index in [-0.39, 0.29) is 17.9 Å². The second-order valence-corrected chi connectivity index (χ2v) is 15.0. The summed E-state index contributed by atoms with van der Waals surface area (Å²) in [5.74, 6) is -0.485. The first-order valence-electron chi connectivity index (χ1n) is 14.6. The fourth-order valence-corrected chi connectivity index (χ4v) is 7.39. The minimum atomic E-state index is -5.76. The largest absolute Gasteiger partial charge is 0.490 e. The number of hydrogen-bond acceptors (Lipinski definition) is 13. The minimum Gasteiger partial charge on any atom is -0.390 e. The van der Waals surface area contributed by atoms with E-state index >= 15 is 0 Å². The molecule has 21 nitrogen and oxygen atoms in total. The highest BCUT2D eigenvalue weighted by Gasteiger charge is 2.43. The molecule has 2 amide bonds. The molecule has 0 aliphatic carbocycles. The van der Waals surface area contributed by atoms with E-state index < -0.39 is 72.1 Å². The summed E-state index contributed by atoms with van der Waals surface area (Å²) < 4.78 is 52.2. The van der Waals surface area contributed by atoms with Crippen LogP contribution in [0.2, 0.25) is 0 Å². The summed E-state index contributed by atoms with van der Waals surface area (Å²) in [5, 5.41) is 15.8. The number of aromatic amines is 1. The Hall–Kier alpha value is -2.09. The van der Waals surface area contributed by atoms with Crippen molar-refractivity contribution in [1.82, 2.24) is 20.2 Å². The van der Waals surface area contributed by atoms with Gasteiger partial charge in [-0.3, -0.25) is 28.5 Å². The van der Waals surface area contributed by atoms with Gasteiger partial charge in [0.25, 0.3) is 5.56 Å². The number of aliphatic hydroxyl groups excluding tert-OH is 1. The monoisotopic (exact) mass is 737 g/mol. The van der Waals surface area contributed by atoms with Crippen molar-refractivity contribution in [3.05, 3.63) is 32.6 Å². The van der Waals surface area contributed by atoms with Crippen molar-refractivity contribution in [3.63, 3.8) is 0 Å². The smallest absolute Gasteiger partial charge is 0.390 e. The third kappa shape index (κ3) is 16.2. The zero-order valence-corrected chi connectivity index (χ0v) is 28.0. The van der Waals surface area contributed by atoms with Gasteiger partial charge in [-0.05, 0) is 32.2 Å². The minimum absolute atomic E-state index is 0.0111. The van der Waals surface area contributed by atoms with Gasteiger partial charge in [-0.15, -0.1) is 0 Å². The number of ether oxygens (including phenoxy) is 1. The maximum atomic E-state index is 12.4. The van der Waals surface area contributed by atoms with Crippen LogP contribution in [0.3, 0.4) is 0 Å². The van der Waals surface area contributed by atoms with Crippen molar-refractivity contribution in [3.8, 4) is 0 Å². The second kappa shape index (κ2) is 19.2. The third-order valence-corrected chi connectivity index (χ3v) is 10.4. The number of nitrogens with zero attached hydrogens (tertiary/aromatic N) is 1. The van der Waals surface area contributed by atoms with E-state index in [0.29, 0.717) is 32.5 Å². The Labute approximate surface area is 268 Å². The van der Waals surface area contributed by atoms with Gasteiger partial charge in [0.15, 0.2) is 0 Å². The third-order valence-electron chi connectivity index (χ3n) is 6.58. The Kier molecular flexibility index (Phi) is 16.8. The van der Waals surface area contributed by atoms with Gasteiger partial charge in [0.1, 0.15) is 12.3 Å². The number of H-pyrrole nitrogens is 1. The van der Waals surface area contributed by atoms with Crippen LogP contribution in [-0.4, -0.2) is 84.5 Å². The van der Waals surface area contributed by atoms with Gasteiger partial charge in [-0.2, -0.15) is 8.62 Å². The van der Waals surface area contributed by atoms with Crippen LogP contribution < -0.4 is 27.6 Å². The average Bonchev–Trinajstić information content (AvgIpc) is 3.31. The van der Waals surface area contributed by atoms with Crippen molar-refractivity contribution < 1.29 is 65.8 Å². The van der Waals surface area contributed by atoms with Gasteiger partial charge in [0.2, 0.25) is 11.8 Å². The molecule has 2 heterocycles. The van der Waals surface area contributed by atoms with E-state index in [1.54, 1.807) is 0 Å². The average molecular weight is 738 g/mol. The van der Waals surface area contributed by atoms with Gasteiger partial charge < -0.3 is 45.8 Å². The van der Waals surface area contributed by atoms with Crippen LogP contribution in [0, 0.1) is 0 Å². The molecular weight excluding hydrogens is 695 g/mol. The number of nitrogens with two attached hydrogens (primary N) is 1. The summed E-state index contributed by atoms with van der Waals surface area (Å²) in [7, 11) is -16.8. The number of carbonyl (C=O) groups excluding carboxylic acids is 2. The lowest BCUT2D eigenvalue weighted by molar-refractivity contribution is -0.121. The number of phosphoric acid groups is 3. The Balaban J connectivity index is 1.80. The molecule has 1 aromatic rings. The van der Waals surface area contributed by atoms with Crippen LogP contribution >= 0.6 is 23.5 Å². The fourth-order valence-electron chi connectivity index (χ4n) is 4.36. The lowest BCUT2D eigenvalue weighted by Crippen LogP contribution is -2.36. The number of nitrogens with one attached hydrogen (secondary N) is 3. The van der Waals surface area contributed by atoms with E-state index in [4.69, 9.17) is 20.3 Å². The molecule has 270 valence electrons. The molecule has 0 saturated carbocycles. The molecule has 1 aliphatic heterocycles. The lowest BCUT2D eigenvalue weighted by atomic mass is 10.1. The maximum Gasteiger partial charge on any atom is 0.490 e. The van der Waals surface area contributed by atoms with Crippen molar-refractivity contribution in [2.45, 2.75) is 82.6 Å². The molecule has 0 bridgehead atoms. The van der Waals surface area contributed by atoms with Crippen molar-refractivity contribution >= 4 is 35.3 Å². The van der Waals surface area contributed by atoms with E-state index in [1.165, 1.54) is 0 Å². The molecule has 10 N–H and O–H groups in total. The van der Waals surface area contributed by atoms with Crippen molar-refractivity contribution in [2.75, 3.05) is 26.2 Å². The number of phosphoric ester groups is 1. The molecule has 0 radical (unpaired) electrons. The number of aliphatic hydroxyl groups is 1. The molecular formula is C23H42N5O16P3. The van der Waals surface area contributed by atoms with E-state index in [2.05, 4.69) is 23.8 Å². The predicted molar refractivity (Wildman–Crippen MR) is 161 cm³/mol. The van der Waals surface area contributed by atoms with E-state index in [1.807, 2.05) is 4.98 Å². The number of unbranched alkanes of at least 4 members (excludes halogenated alkanes) is 5. The highest BCUT2D eigenvalue weighted by Crippen LogP contribution is 2.66. The molecule has 2 rings (SSSR count). The van der Waals surface area contributed by atoms with Crippen LogP contribution in [0.5, 0.6) is 0 Å². The van der Waals surface area contributed by atoms with Gasteiger partial charge in [0, 0.05) is 37.7 Å². The summed E-state index contributed by atoms with van der Waals surface area (Å²) in [5.41, 5.74) is 3.54. The number of carbonyl (C=O) groups is 2. The quantitative estimate of drug-likeness (QED) is 0.0529. The number of hydrogen-bond donors (Lipinski definition) is 9. The summed E-state index contributed by atoms with van der Waals surface area (Å²) >= 11 is 0. The van der Waals surface area contributed by atoms with Crippen LogP contribution in [0.25, 0.3) is 0 Å². The topological polar surface area (TPSA) is 328 Å². The van der Waals surface area contributed by atoms with Crippen LogP contribution in [0.4, 0.5) is 0 Å². The molecule has 0 spiro atoms.